The highest BCUT2D eigenvalue weighted by atomic mass is 16.7. The Morgan fingerprint density at radius 1 is 1.04 bits per heavy atom. The van der Waals surface area contributed by atoms with Crippen molar-refractivity contribution >= 4 is 13.2 Å². The van der Waals surface area contributed by atoms with Crippen molar-refractivity contribution in [2.75, 3.05) is 26.9 Å². The lowest BCUT2D eigenvalue weighted by Gasteiger charge is -2.32. The second-order valence-electron chi connectivity index (χ2n) is 9.03. The summed E-state index contributed by atoms with van der Waals surface area (Å²) in [6.45, 7) is 15.8. The molecular weight excluding hydrogens is 345 g/mol. The molecule has 0 radical (unpaired) electrons. The van der Waals surface area contributed by atoms with Crippen LogP contribution in [0.5, 0.6) is 0 Å². The topological polar surface area (TPSA) is 57.2 Å². The van der Waals surface area contributed by atoms with E-state index in [2.05, 4.69) is 0 Å². The zero-order valence-corrected chi connectivity index (χ0v) is 18.5. The largest absolute Gasteiger partial charge is 0.486 e. The van der Waals surface area contributed by atoms with Gasteiger partial charge in [0, 0.05) is 19.2 Å². The predicted octanol–water partition coefficient (Wildman–Crippen LogP) is 4.23. The molecule has 1 heterocycles. The number of nitrogens with zero attached hydrogens (tertiary/aromatic N) is 1. The lowest BCUT2D eigenvalue weighted by molar-refractivity contribution is 0.00578. The molecule has 1 aliphatic rings. The minimum absolute atomic E-state index is 0.224. The first-order valence-corrected chi connectivity index (χ1v) is 9.87. The van der Waals surface area contributed by atoms with Crippen LogP contribution in [0.4, 0.5) is 4.79 Å². The first-order chi connectivity index (χ1) is 12.4. The van der Waals surface area contributed by atoms with Gasteiger partial charge in [0.2, 0.25) is 0 Å². The summed E-state index contributed by atoms with van der Waals surface area (Å²) in [5.74, 6) is 1.90. The van der Waals surface area contributed by atoms with E-state index in [0.29, 0.717) is 19.8 Å². The highest BCUT2D eigenvalue weighted by Crippen LogP contribution is 2.36. The minimum Gasteiger partial charge on any atom is -0.449 e. The van der Waals surface area contributed by atoms with Crippen molar-refractivity contribution in [1.82, 2.24) is 4.90 Å². The fourth-order valence-electron chi connectivity index (χ4n) is 2.30. The molecule has 6 nitrogen and oxygen atoms in total. The molecule has 0 atom stereocenters. The van der Waals surface area contributed by atoms with Crippen LogP contribution in [0.1, 0.15) is 67.7 Å². The zero-order valence-electron chi connectivity index (χ0n) is 18.5. The van der Waals surface area contributed by atoms with Gasteiger partial charge in [-0.25, -0.2) is 4.79 Å². The van der Waals surface area contributed by atoms with Crippen LogP contribution in [0, 0.1) is 0 Å². The van der Waals surface area contributed by atoms with Gasteiger partial charge in [0.05, 0.1) is 24.4 Å². The number of rotatable bonds is 9. The van der Waals surface area contributed by atoms with E-state index in [-0.39, 0.29) is 30.0 Å². The molecule has 0 aromatic carbocycles. The van der Waals surface area contributed by atoms with E-state index in [0.717, 1.165) is 19.3 Å². The van der Waals surface area contributed by atoms with Crippen LogP contribution in [0.25, 0.3) is 0 Å². The summed E-state index contributed by atoms with van der Waals surface area (Å²) in [5, 5.41) is 0. The second kappa shape index (κ2) is 9.94. The number of hydrogen-bond acceptors (Lipinski definition) is 5. The fourth-order valence-corrected chi connectivity index (χ4v) is 2.30. The van der Waals surface area contributed by atoms with E-state index < -0.39 is 0 Å². The second-order valence-corrected chi connectivity index (χ2v) is 9.03. The lowest BCUT2D eigenvalue weighted by atomic mass is 9.90. The van der Waals surface area contributed by atoms with Crippen molar-refractivity contribution in [3.8, 4) is 0 Å². The standard InChI is InChI=1S/C20H38BNO5/c1-18(2,3)22(8)17(23)25-16-11-9-10-14-24-15-12-13-21-26-19(4,5)20(6,7)27-21/h12-13H,9-11,14-16H2,1-8H3/b13-12+. The van der Waals surface area contributed by atoms with Gasteiger partial charge >= 0.3 is 13.2 Å². The maximum Gasteiger partial charge on any atom is 0.486 e. The molecule has 1 amide bonds. The molecule has 0 bridgehead atoms. The summed E-state index contributed by atoms with van der Waals surface area (Å²) in [7, 11) is 1.44. The Kier molecular flexibility index (Phi) is 8.83. The predicted molar refractivity (Wildman–Crippen MR) is 109 cm³/mol. The summed E-state index contributed by atoms with van der Waals surface area (Å²) in [6, 6.07) is 0. The van der Waals surface area contributed by atoms with Gasteiger partial charge in [-0.2, -0.15) is 0 Å². The van der Waals surface area contributed by atoms with E-state index in [9.17, 15) is 4.79 Å². The van der Waals surface area contributed by atoms with Gasteiger partial charge in [-0.05, 0) is 67.7 Å². The van der Waals surface area contributed by atoms with Crippen molar-refractivity contribution in [3.05, 3.63) is 12.1 Å². The quantitative estimate of drug-likeness (QED) is 0.441. The molecule has 0 aliphatic carbocycles. The third kappa shape index (κ3) is 7.84. The molecule has 1 fully saturated rings. The molecule has 1 rings (SSSR count). The molecule has 1 aliphatic heterocycles. The third-order valence-corrected chi connectivity index (χ3v) is 5.22. The van der Waals surface area contributed by atoms with E-state index in [1.807, 2.05) is 60.5 Å². The molecule has 0 aromatic rings. The molecule has 0 unspecified atom stereocenters. The van der Waals surface area contributed by atoms with Gasteiger partial charge in [0.15, 0.2) is 0 Å². The molecule has 0 aromatic heterocycles. The Labute approximate surface area is 165 Å². The molecule has 0 saturated carbocycles. The molecule has 7 heteroatoms. The molecule has 1 saturated heterocycles. The normalized spacial score (nSPS) is 18.9. The van der Waals surface area contributed by atoms with Crippen LogP contribution in [-0.2, 0) is 18.8 Å². The molecular formula is C20H38BNO5. The summed E-state index contributed by atoms with van der Waals surface area (Å²) in [6.07, 6.45) is 4.42. The van der Waals surface area contributed by atoms with Crippen molar-refractivity contribution < 1.29 is 23.6 Å². The van der Waals surface area contributed by atoms with Crippen molar-refractivity contribution in [1.29, 1.82) is 0 Å². The SMILES string of the molecule is CN(C(=O)OCCCCCOC/C=C/B1OC(C)(C)C(C)(C)O1)C(C)(C)C. The van der Waals surface area contributed by atoms with Gasteiger partial charge in [-0.1, -0.05) is 12.1 Å². The summed E-state index contributed by atoms with van der Waals surface area (Å²) < 4.78 is 22.6. The molecule has 27 heavy (non-hydrogen) atoms. The molecule has 0 spiro atoms. The smallest absolute Gasteiger partial charge is 0.449 e. The van der Waals surface area contributed by atoms with Crippen LogP contribution >= 0.6 is 0 Å². The van der Waals surface area contributed by atoms with Crippen LogP contribution in [0.15, 0.2) is 12.1 Å². The van der Waals surface area contributed by atoms with Gasteiger partial charge in [0.1, 0.15) is 0 Å². The van der Waals surface area contributed by atoms with Crippen LogP contribution in [-0.4, -0.2) is 61.7 Å². The van der Waals surface area contributed by atoms with Crippen molar-refractivity contribution in [2.45, 2.75) is 84.5 Å². The Balaban J connectivity index is 2.03. The van der Waals surface area contributed by atoms with Crippen molar-refractivity contribution in [2.24, 2.45) is 0 Å². The van der Waals surface area contributed by atoms with E-state index in [1.165, 1.54) is 0 Å². The minimum atomic E-state index is -0.320. The number of amides is 1. The van der Waals surface area contributed by atoms with Gasteiger partial charge in [-0.15, -0.1) is 0 Å². The Bertz CT molecular complexity index is 483. The monoisotopic (exact) mass is 383 g/mol. The van der Waals surface area contributed by atoms with Crippen LogP contribution in [0.3, 0.4) is 0 Å². The van der Waals surface area contributed by atoms with Gasteiger partial charge < -0.3 is 23.7 Å². The highest BCUT2D eigenvalue weighted by molar-refractivity contribution is 6.51. The zero-order chi connectivity index (χ0) is 20.7. The first-order valence-electron chi connectivity index (χ1n) is 9.87. The van der Waals surface area contributed by atoms with Gasteiger partial charge in [-0.3, -0.25) is 0 Å². The number of unbranched alkanes of at least 4 members (excludes halogenated alkanes) is 2. The number of carbonyl (C=O) groups is 1. The third-order valence-electron chi connectivity index (χ3n) is 5.22. The Hall–Kier alpha value is -1.05. The molecule has 156 valence electrons. The average molecular weight is 383 g/mol. The Morgan fingerprint density at radius 2 is 1.59 bits per heavy atom. The van der Waals surface area contributed by atoms with E-state index in [4.69, 9.17) is 18.8 Å². The number of ether oxygens (including phenoxy) is 2. The van der Waals surface area contributed by atoms with Crippen LogP contribution in [0.2, 0.25) is 0 Å². The highest BCUT2D eigenvalue weighted by Gasteiger charge is 2.49. The van der Waals surface area contributed by atoms with Crippen molar-refractivity contribution in [3.63, 3.8) is 0 Å². The first kappa shape index (κ1) is 24.0. The average Bonchev–Trinajstić information content (AvgIpc) is 2.74. The van der Waals surface area contributed by atoms with Gasteiger partial charge in [0.25, 0.3) is 0 Å². The number of carbonyl (C=O) groups excluding carboxylic acids is 1. The lowest BCUT2D eigenvalue weighted by Crippen LogP contribution is -2.42. The maximum atomic E-state index is 11.8. The Morgan fingerprint density at radius 3 is 2.15 bits per heavy atom. The molecule has 0 N–H and O–H groups in total. The van der Waals surface area contributed by atoms with E-state index >= 15 is 0 Å². The van der Waals surface area contributed by atoms with Crippen LogP contribution < -0.4 is 0 Å². The maximum absolute atomic E-state index is 11.8. The number of hydrogen-bond donors (Lipinski definition) is 0. The summed E-state index contributed by atoms with van der Waals surface area (Å²) in [4.78, 5) is 13.5. The fraction of sp³-hybridized carbons (Fsp3) is 0.850. The van der Waals surface area contributed by atoms with E-state index in [1.54, 1.807) is 11.9 Å². The summed E-state index contributed by atoms with van der Waals surface area (Å²) in [5.41, 5.74) is -0.847. The summed E-state index contributed by atoms with van der Waals surface area (Å²) >= 11 is 0.